The minimum Gasteiger partial charge on any atom is -0.343 e. The Bertz CT molecular complexity index is 1040. The average molecular weight is 477 g/mol. The number of carbonyl (C=O) groups excluding carboxylic acids is 2. The second-order valence-corrected chi connectivity index (χ2v) is 9.48. The van der Waals surface area contributed by atoms with Crippen molar-refractivity contribution in [1.82, 2.24) is 10.2 Å². The number of hydrogen-bond donors (Lipinski definition) is 1. The van der Waals surface area contributed by atoms with Crippen LogP contribution in [0, 0.1) is 5.41 Å². The third-order valence-corrected chi connectivity index (χ3v) is 6.54. The van der Waals surface area contributed by atoms with E-state index in [2.05, 4.69) is 17.4 Å². The maximum Gasteiger partial charge on any atom is 0.245 e. The zero-order chi connectivity index (χ0) is 24.4. The highest BCUT2D eigenvalue weighted by atomic mass is 35.5. The van der Waals surface area contributed by atoms with Crippen LogP contribution in [0.2, 0.25) is 0 Å². The maximum atomic E-state index is 13.9. The Balaban J connectivity index is 1.86. The molecule has 34 heavy (non-hydrogen) atoms. The fourth-order valence-corrected chi connectivity index (χ4v) is 3.79. The zero-order valence-corrected chi connectivity index (χ0v) is 20.7. The van der Waals surface area contributed by atoms with Crippen molar-refractivity contribution in [2.75, 3.05) is 12.4 Å². The molecule has 1 atom stereocenters. The second-order valence-electron chi connectivity index (χ2n) is 9.21. The number of alkyl halides is 1. The Morgan fingerprint density at radius 2 is 1.32 bits per heavy atom. The molecule has 0 heterocycles. The molecule has 0 saturated heterocycles. The van der Waals surface area contributed by atoms with Gasteiger partial charge in [0, 0.05) is 25.4 Å². The van der Waals surface area contributed by atoms with Crippen LogP contribution in [-0.4, -0.2) is 35.2 Å². The van der Waals surface area contributed by atoms with Crippen molar-refractivity contribution >= 4 is 23.4 Å². The fourth-order valence-electron chi connectivity index (χ4n) is 3.66. The summed E-state index contributed by atoms with van der Waals surface area (Å²) in [5, 5.41) is 3.01. The van der Waals surface area contributed by atoms with E-state index in [-0.39, 0.29) is 17.7 Å². The highest BCUT2D eigenvalue weighted by Gasteiger charge is 2.32. The van der Waals surface area contributed by atoms with Gasteiger partial charge in [0.15, 0.2) is 0 Å². The molecule has 0 spiro atoms. The van der Waals surface area contributed by atoms with Crippen LogP contribution in [0.25, 0.3) is 0 Å². The van der Waals surface area contributed by atoms with E-state index < -0.39 is 11.5 Å². The normalized spacial score (nSPS) is 12.1. The number of amides is 2. The lowest BCUT2D eigenvalue weighted by atomic mass is 9.94. The van der Waals surface area contributed by atoms with Crippen LogP contribution in [0.3, 0.4) is 0 Å². The van der Waals surface area contributed by atoms with E-state index in [1.165, 1.54) is 5.56 Å². The first-order valence-corrected chi connectivity index (χ1v) is 12.2. The third-order valence-electron chi connectivity index (χ3n) is 5.88. The minimum absolute atomic E-state index is 0.0950. The summed E-state index contributed by atoms with van der Waals surface area (Å²) in [5.41, 5.74) is 2.44. The number of nitrogens with one attached hydrogen (secondary N) is 1. The van der Waals surface area contributed by atoms with Gasteiger partial charge in [-0.05, 0) is 37.0 Å². The number of hydrogen-bond acceptors (Lipinski definition) is 2. The van der Waals surface area contributed by atoms with Gasteiger partial charge in [-0.1, -0.05) is 91.0 Å². The second kappa shape index (κ2) is 12.4. The van der Waals surface area contributed by atoms with Gasteiger partial charge in [-0.25, -0.2) is 0 Å². The Hall–Kier alpha value is -3.11. The average Bonchev–Trinajstić information content (AvgIpc) is 2.87. The largest absolute Gasteiger partial charge is 0.343 e. The van der Waals surface area contributed by atoms with Crippen molar-refractivity contribution in [3.05, 3.63) is 108 Å². The number of rotatable bonds is 11. The molecule has 0 aliphatic carbocycles. The first-order valence-electron chi connectivity index (χ1n) is 11.7. The molecule has 2 amide bonds. The molecule has 0 aliphatic rings. The van der Waals surface area contributed by atoms with Crippen LogP contribution in [0.5, 0.6) is 0 Å². The quantitative estimate of drug-likeness (QED) is 0.384. The maximum absolute atomic E-state index is 13.9. The summed E-state index contributed by atoms with van der Waals surface area (Å²) in [6.45, 7) is 4.61. The first-order chi connectivity index (χ1) is 16.4. The summed E-state index contributed by atoms with van der Waals surface area (Å²) >= 11 is 6.04. The molecule has 0 saturated carbocycles. The van der Waals surface area contributed by atoms with Crippen LogP contribution in [0.1, 0.15) is 30.5 Å². The van der Waals surface area contributed by atoms with Crippen LogP contribution < -0.4 is 5.32 Å². The zero-order valence-electron chi connectivity index (χ0n) is 19.9. The van der Waals surface area contributed by atoms with Gasteiger partial charge in [-0.2, -0.15) is 0 Å². The SMILES string of the molecule is CC(C)(CCl)C(=O)NC(Cc1ccccc1)C(=O)N(CCc1ccccc1)Cc1ccccc1. The molecule has 3 aromatic rings. The van der Waals surface area contributed by atoms with Gasteiger partial charge < -0.3 is 10.2 Å². The Morgan fingerprint density at radius 1 is 0.824 bits per heavy atom. The Kier molecular flexibility index (Phi) is 9.29. The summed E-state index contributed by atoms with van der Waals surface area (Å²) in [4.78, 5) is 28.7. The van der Waals surface area contributed by atoms with Gasteiger partial charge in [0.2, 0.25) is 11.8 Å². The number of carbonyl (C=O) groups is 2. The molecular weight excluding hydrogens is 444 g/mol. The van der Waals surface area contributed by atoms with Crippen molar-refractivity contribution in [2.24, 2.45) is 5.41 Å². The molecule has 1 N–H and O–H groups in total. The van der Waals surface area contributed by atoms with Gasteiger partial charge in [-0.15, -0.1) is 11.6 Å². The van der Waals surface area contributed by atoms with E-state index in [4.69, 9.17) is 11.6 Å². The predicted molar refractivity (Wildman–Crippen MR) is 139 cm³/mol. The van der Waals surface area contributed by atoms with Gasteiger partial charge in [0.05, 0.1) is 5.41 Å². The van der Waals surface area contributed by atoms with E-state index in [9.17, 15) is 9.59 Å². The first kappa shape index (κ1) is 25.5. The van der Waals surface area contributed by atoms with Crippen molar-refractivity contribution in [3.63, 3.8) is 0 Å². The Morgan fingerprint density at radius 3 is 1.85 bits per heavy atom. The summed E-state index contributed by atoms with van der Waals surface area (Å²) < 4.78 is 0. The lowest BCUT2D eigenvalue weighted by Gasteiger charge is -2.30. The Labute approximate surface area is 207 Å². The van der Waals surface area contributed by atoms with E-state index in [0.29, 0.717) is 19.5 Å². The third kappa shape index (κ3) is 7.46. The number of nitrogens with zero attached hydrogens (tertiary/aromatic N) is 1. The molecule has 4 nitrogen and oxygen atoms in total. The van der Waals surface area contributed by atoms with Gasteiger partial charge >= 0.3 is 0 Å². The molecule has 1 unspecified atom stereocenters. The van der Waals surface area contributed by atoms with Crippen molar-refractivity contribution < 1.29 is 9.59 Å². The fraction of sp³-hybridized carbons (Fsp3) is 0.310. The molecule has 3 rings (SSSR count). The molecule has 0 aromatic heterocycles. The molecule has 178 valence electrons. The highest BCUT2D eigenvalue weighted by Crippen LogP contribution is 2.19. The summed E-state index contributed by atoms with van der Waals surface area (Å²) in [5.74, 6) is -0.144. The van der Waals surface area contributed by atoms with Gasteiger partial charge in [0.1, 0.15) is 6.04 Å². The van der Waals surface area contributed by atoms with Crippen LogP contribution in [-0.2, 0) is 29.0 Å². The smallest absolute Gasteiger partial charge is 0.245 e. The van der Waals surface area contributed by atoms with Crippen LogP contribution in [0.15, 0.2) is 91.0 Å². The molecule has 5 heteroatoms. The van der Waals surface area contributed by atoms with Gasteiger partial charge in [0.25, 0.3) is 0 Å². The molecule has 0 bridgehead atoms. The van der Waals surface area contributed by atoms with E-state index in [1.54, 1.807) is 13.8 Å². The standard InChI is InChI=1S/C29H33ClN2O2/c1-29(2,22-30)28(34)31-26(20-24-14-8-4-9-15-24)27(33)32(21-25-16-10-5-11-17-25)19-18-23-12-6-3-7-13-23/h3-17,26H,18-22H2,1-2H3,(H,31,34). The molecule has 0 aliphatic heterocycles. The van der Waals surface area contributed by atoms with Crippen molar-refractivity contribution in [1.29, 1.82) is 0 Å². The molecular formula is C29H33ClN2O2. The van der Waals surface area contributed by atoms with E-state index >= 15 is 0 Å². The predicted octanol–water partition coefficient (Wildman–Crippen LogP) is 5.25. The molecule has 0 radical (unpaired) electrons. The minimum atomic E-state index is -0.773. The van der Waals surface area contributed by atoms with Crippen molar-refractivity contribution in [2.45, 2.75) is 39.3 Å². The monoisotopic (exact) mass is 476 g/mol. The van der Waals surface area contributed by atoms with Gasteiger partial charge in [-0.3, -0.25) is 9.59 Å². The lowest BCUT2D eigenvalue weighted by molar-refractivity contribution is -0.139. The van der Waals surface area contributed by atoms with E-state index in [1.807, 2.05) is 83.8 Å². The summed E-state index contributed by atoms with van der Waals surface area (Å²) in [6, 6.07) is 29.2. The highest BCUT2D eigenvalue weighted by molar-refractivity contribution is 6.19. The van der Waals surface area contributed by atoms with Crippen LogP contribution in [0.4, 0.5) is 0 Å². The lowest BCUT2D eigenvalue weighted by Crippen LogP contribution is -2.53. The van der Waals surface area contributed by atoms with Crippen molar-refractivity contribution in [3.8, 4) is 0 Å². The van der Waals surface area contributed by atoms with Crippen LogP contribution >= 0.6 is 11.6 Å². The topological polar surface area (TPSA) is 49.4 Å². The summed E-state index contributed by atoms with van der Waals surface area (Å²) in [6.07, 6.45) is 1.15. The number of halogens is 1. The summed E-state index contributed by atoms with van der Waals surface area (Å²) in [7, 11) is 0. The van der Waals surface area contributed by atoms with E-state index in [0.717, 1.165) is 17.5 Å². The molecule has 0 fully saturated rings. The number of benzene rings is 3. The molecule has 3 aromatic carbocycles.